The number of aliphatic hydroxyl groups is 1. The van der Waals surface area contributed by atoms with Gasteiger partial charge in [0.15, 0.2) is 5.69 Å². The second-order valence-electron chi connectivity index (χ2n) is 5.99. The van der Waals surface area contributed by atoms with Crippen LogP contribution in [0.25, 0.3) is 0 Å². The van der Waals surface area contributed by atoms with Crippen LogP contribution in [0.4, 0.5) is 0 Å². The van der Waals surface area contributed by atoms with E-state index in [1.807, 2.05) is 6.92 Å². The third kappa shape index (κ3) is 4.50. The van der Waals surface area contributed by atoms with Crippen LogP contribution in [0.15, 0.2) is 6.20 Å². The maximum Gasteiger partial charge on any atom is 0.273 e. The van der Waals surface area contributed by atoms with E-state index in [0.717, 1.165) is 32.4 Å². The van der Waals surface area contributed by atoms with Gasteiger partial charge in [-0.05, 0) is 39.3 Å². The monoisotopic (exact) mass is 295 g/mol. The van der Waals surface area contributed by atoms with E-state index in [0.29, 0.717) is 18.2 Å². The highest BCUT2D eigenvalue weighted by Crippen LogP contribution is 2.17. The first-order chi connectivity index (χ1) is 10.0. The number of carbonyl (C=O) groups excluding carboxylic acids is 1. The Bertz CT molecular complexity index is 466. The molecule has 0 aromatic carbocycles. The van der Waals surface area contributed by atoms with Crippen LogP contribution in [-0.2, 0) is 0 Å². The highest BCUT2D eigenvalue weighted by atomic mass is 16.3. The summed E-state index contributed by atoms with van der Waals surface area (Å²) in [6.07, 6.45) is 5.20. The average Bonchev–Trinajstić information content (AvgIpc) is 2.96. The summed E-state index contributed by atoms with van der Waals surface area (Å²) in [5.74, 6) is -0.286. The molecule has 0 aliphatic carbocycles. The highest BCUT2D eigenvalue weighted by molar-refractivity contribution is 5.91. The van der Waals surface area contributed by atoms with Gasteiger partial charge in [-0.2, -0.15) is 0 Å². The SMILES string of the molecule is CCCC(C)(O)CNC(=O)c1cn(C2CCNCC2)nn1. The van der Waals surface area contributed by atoms with Crippen molar-refractivity contribution in [3.63, 3.8) is 0 Å². The predicted molar refractivity (Wildman–Crippen MR) is 79.0 cm³/mol. The van der Waals surface area contributed by atoms with E-state index in [1.165, 1.54) is 0 Å². The Hall–Kier alpha value is -1.47. The van der Waals surface area contributed by atoms with Gasteiger partial charge in [-0.3, -0.25) is 4.79 Å². The maximum atomic E-state index is 12.0. The van der Waals surface area contributed by atoms with Gasteiger partial charge in [-0.15, -0.1) is 5.10 Å². The molecule has 2 heterocycles. The first-order valence-electron chi connectivity index (χ1n) is 7.65. The topological polar surface area (TPSA) is 92.1 Å². The molecule has 1 amide bonds. The summed E-state index contributed by atoms with van der Waals surface area (Å²) in [6.45, 7) is 5.88. The average molecular weight is 295 g/mol. The molecule has 1 unspecified atom stereocenters. The zero-order valence-corrected chi connectivity index (χ0v) is 12.8. The maximum absolute atomic E-state index is 12.0. The van der Waals surface area contributed by atoms with E-state index >= 15 is 0 Å². The highest BCUT2D eigenvalue weighted by Gasteiger charge is 2.22. The summed E-state index contributed by atoms with van der Waals surface area (Å²) in [5, 5.41) is 24.1. The Morgan fingerprint density at radius 1 is 1.57 bits per heavy atom. The van der Waals surface area contributed by atoms with Crippen molar-refractivity contribution in [2.75, 3.05) is 19.6 Å². The van der Waals surface area contributed by atoms with E-state index in [1.54, 1.807) is 17.8 Å². The van der Waals surface area contributed by atoms with Gasteiger partial charge in [-0.1, -0.05) is 18.6 Å². The molecule has 1 aliphatic rings. The van der Waals surface area contributed by atoms with Crippen molar-refractivity contribution in [2.24, 2.45) is 0 Å². The van der Waals surface area contributed by atoms with Crippen LogP contribution in [0.1, 0.15) is 56.1 Å². The number of rotatable bonds is 6. The zero-order valence-electron chi connectivity index (χ0n) is 12.8. The molecule has 1 saturated heterocycles. The van der Waals surface area contributed by atoms with Gasteiger partial charge >= 0.3 is 0 Å². The second-order valence-corrected chi connectivity index (χ2v) is 5.99. The molecule has 21 heavy (non-hydrogen) atoms. The lowest BCUT2D eigenvalue weighted by Gasteiger charge is -2.22. The van der Waals surface area contributed by atoms with Gasteiger partial charge in [0.25, 0.3) is 5.91 Å². The van der Waals surface area contributed by atoms with Crippen molar-refractivity contribution in [1.29, 1.82) is 0 Å². The summed E-state index contributed by atoms with van der Waals surface area (Å²) in [7, 11) is 0. The molecule has 7 heteroatoms. The Morgan fingerprint density at radius 2 is 2.29 bits per heavy atom. The van der Waals surface area contributed by atoms with Crippen LogP contribution < -0.4 is 10.6 Å². The van der Waals surface area contributed by atoms with Crippen molar-refractivity contribution in [3.8, 4) is 0 Å². The van der Waals surface area contributed by atoms with Crippen molar-refractivity contribution >= 4 is 5.91 Å². The van der Waals surface area contributed by atoms with E-state index < -0.39 is 5.60 Å². The molecule has 1 aromatic rings. The Balaban J connectivity index is 1.89. The Labute approximate surface area is 125 Å². The van der Waals surface area contributed by atoms with Crippen LogP contribution in [-0.4, -0.2) is 51.2 Å². The van der Waals surface area contributed by atoms with Gasteiger partial charge in [0, 0.05) is 6.54 Å². The quantitative estimate of drug-likeness (QED) is 0.710. The molecule has 7 nitrogen and oxygen atoms in total. The first-order valence-corrected chi connectivity index (χ1v) is 7.65. The van der Waals surface area contributed by atoms with Gasteiger partial charge in [0.05, 0.1) is 17.8 Å². The largest absolute Gasteiger partial charge is 0.388 e. The third-order valence-corrected chi connectivity index (χ3v) is 3.84. The van der Waals surface area contributed by atoms with Crippen LogP contribution >= 0.6 is 0 Å². The summed E-state index contributed by atoms with van der Waals surface area (Å²) >= 11 is 0. The number of hydrogen-bond donors (Lipinski definition) is 3. The predicted octanol–water partition coefficient (Wildman–Crippen LogP) is 0.484. The molecule has 2 rings (SSSR count). The van der Waals surface area contributed by atoms with Gasteiger partial charge < -0.3 is 15.7 Å². The number of nitrogens with one attached hydrogen (secondary N) is 2. The summed E-state index contributed by atoms with van der Waals surface area (Å²) in [6, 6.07) is 0.309. The number of nitrogens with zero attached hydrogens (tertiary/aromatic N) is 3. The summed E-state index contributed by atoms with van der Waals surface area (Å²) < 4.78 is 1.78. The Kier molecular flexibility index (Phi) is 5.30. The minimum atomic E-state index is -0.880. The smallest absolute Gasteiger partial charge is 0.273 e. The normalized spacial score (nSPS) is 19.2. The number of carbonyl (C=O) groups is 1. The molecule has 0 radical (unpaired) electrons. The lowest BCUT2D eigenvalue weighted by atomic mass is 10.0. The van der Waals surface area contributed by atoms with Crippen molar-refractivity contribution in [1.82, 2.24) is 25.6 Å². The molecule has 0 saturated carbocycles. The fourth-order valence-electron chi connectivity index (χ4n) is 2.62. The van der Waals surface area contributed by atoms with Crippen LogP contribution in [0.3, 0.4) is 0 Å². The molecule has 1 fully saturated rings. The van der Waals surface area contributed by atoms with Gasteiger partial charge in [0.2, 0.25) is 0 Å². The van der Waals surface area contributed by atoms with E-state index in [9.17, 15) is 9.90 Å². The van der Waals surface area contributed by atoms with E-state index in [2.05, 4.69) is 20.9 Å². The molecule has 1 aliphatic heterocycles. The van der Waals surface area contributed by atoms with Crippen molar-refractivity contribution in [2.45, 2.75) is 51.2 Å². The van der Waals surface area contributed by atoms with Gasteiger partial charge in [-0.25, -0.2) is 4.68 Å². The van der Waals surface area contributed by atoms with Crippen LogP contribution in [0, 0.1) is 0 Å². The lowest BCUT2D eigenvalue weighted by molar-refractivity contribution is 0.0468. The third-order valence-electron chi connectivity index (χ3n) is 3.84. The van der Waals surface area contributed by atoms with Gasteiger partial charge in [0.1, 0.15) is 0 Å². The molecular formula is C14H25N5O2. The molecule has 0 spiro atoms. The molecule has 1 atom stereocenters. The van der Waals surface area contributed by atoms with Crippen molar-refractivity contribution in [3.05, 3.63) is 11.9 Å². The Morgan fingerprint density at radius 3 is 2.95 bits per heavy atom. The first kappa shape index (κ1) is 15.9. The number of aromatic nitrogens is 3. The fraction of sp³-hybridized carbons (Fsp3) is 0.786. The zero-order chi connectivity index (χ0) is 15.3. The lowest BCUT2D eigenvalue weighted by Crippen LogP contribution is -2.40. The molecular weight excluding hydrogens is 270 g/mol. The van der Waals surface area contributed by atoms with E-state index in [-0.39, 0.29) is 12.5 Å². The molecule has 118 valence electrons. The summed E-state index contributed by atoms with van der Waals surface area (Å²) in [5.41, 5.74) is -0.573. The van der Waals surface area contributed by atoms with Crippen LogP contribution in [0.2, 0.25) is 0 Å². The number of hydrogen-bond acceptors (Lipinski definition) is 5. The standard InChI is InChI=1S/C14H25N5O2/c1-3-6-14(2,21)10-16-13(20)12-9-19(18-17-12)11-4-7-15-8-5-11/h9,11,15,21H,3-8,10H2,1-2H3,(H,16,20). The fourth-order valence-corrected chi connectivity index (χ4v) is 2.62. The van der Waals surface area contributed by atoms with Crippen LogP contribution in [0.5, 0.6) is 0 Å². The molecule has 3 N–H and O–H groups in total. The number of amides is 1. The summed E-state index contributed by atoms with van der Waals surface area (Å²) in [4.78, 5) is 12.0. The van der Waals surface area contributed by atoms with E-state index in [4.69, 9.17) is 0 Å². The minimum absolute atomic E-state index is 0.222. The van der Waals surface area contributed by atoms with Crippen molar-refractivity contribution < 1.29 is 9.90 Å². The second kappa shape index (κ2) is 7.00. The molecule has 1 aromatic heterocycles. The molecule has 0 bridgehead atoms. The number of piperidine rings is 1. The minimum Gasteiger partial charge on any atom is -0.388 e.